The Morgan fingerprint density at radius 2 is 0.507 bits per heavy atom. The molecule has 0 spiro atoms. The van der Waals surface area contributed by atoms with E-state index in [1.54, 1.807) is 0 Å². The summed E-state index contributed by atoms with van der Waals surface area (Å²) in [5, 5.41) is 0. The zero-order valence-corrected chi connectivity index (χ0v) is 38.3. The van der Waals surface area contributed by atoms with Crippen LogP contribution >= 0.6 is 0 Å². The van der Waals surface area contributed by atoms with Crippen LogP contribution in [-0.2, 0) is 129 Å². The van der Waals surface area contributed by atoms with Crippen molar-refractivity contribution in [1.82, 2.24) is 0 Å². The summed E-state index contributed by atoms with van der Waals surface area (Å²) >= 11 is 0. The van der Waals surface area contributed by atoms with Gasteiger partial charge in [0.25, 0.3) is 0 Å². The summed E-state index contributed by atoms with van der Waals surface area (Å²) in [4.78, 5) is 137. The van der Waals surface area contributed by atoms with Crippen LogP contribution in [0.15, 0.2) is 0 Å². The molecule has 0 N–H and O–H groups in total. The van der Waals surface area contributed by atoms with Crippen molar-refractivity contribution in [2.24, 2.45) is 0 Å². The molecular formula is C40H54O27. The molecule has 0 amide bonds. The van der Waals surface area contributed by atoms with Gasteiger partial charge < -0.3 is 75.8 Å². The normalized spacial score (nSPS) is 31.2. The molecule has 3 heterocycles. The maximum atomic E-state index is 13.0. The first-order valence-corrected chi connectivity index (χ1v) is 20.3. The highest BCUT2D eigenvalue weighted by Gasteiger charge is 2.60. The van der Waals surface area contributed by atoms with E-state index >= 15 is 0 Å². The molecular weight excluding hydrogens is 912 g/mol. The Morgan fingerprint density at radius 3 is 0.836 bits per heavy atom. The van der Waals surface area contributed by atoms with E-state index in [4.69, 9.17) is 75.8 Å². The second kappa shape index (κ2) is 25.2. The number of carbonyl (C=O) groups is 11. The van der Waals surface area contributed by atoms with Crippen LogP contribution in [0, 0.1) is 0 Å². The Morgan fingerprint density at radius 1 is 0.269 bits per heavy atom. The Labute approximate surface area is 382 Å². The van der Waals surface area contributed by atoms with E-state index in [0.717, 1.165) is 76.2 Å². The van der Waals surface area contributed by atoms with Crippen LogP contribution in [0.4, 0.5) is 0 Å². The monoisotopic (exact) mass is 966 g/mol. The number of carbonyl (C=O) groups excluding carboxylic acids is 11. The third-order valence-electron chi connectivity index (χ3n) is 9.11. The van der Waals surface area contributed by atoms with Gasteiger partial charge in [0.1, 0.15) is 50.3 Å². The molecule has 0 aromatic heterocycles. The first kappa shape index (κ1) is 55.3. The number of hydrogen-bond donors (Lipinski definition) is 0. The van der Waals surface area contributed by atoms with Gasteiger partial charge in [0.15, 0.2) is 55.3 Å². The van der Waals surface area contributed by atoms with Crippen LogP contribution in [-0.4, -0.2) is 178 Å². The minimum Gasteiger partial charge on any atom is -0.463 e. The quantitative estimate of drug-likeness (QED) is 0.114. The fourth-order valence-electron chi connectivity index (χ4n) is 7.01. The zero-order chi connectivity index (χ0) is 50.4. The molecule has 376 valence electrons. The van der Waals surface area contributed by atoms with E-state index < -0.39 is 178 Å². The third kappa shape index (κ3) is 17.0. The fourth-order valence-corrected chi connectivity index (χ4v) is 7.01. The first-order valence-electron chi connectivity index (χ1n) is 20.3. The molecule has 3 saturated heterocycles. The summed E-state index contributed by atoms with van der Waals surface area (Å²) in [6.07, 6.45) is -27.5. The van der Waals surface area contributed by atoms with Crippen LogP contribution in [0.5, 0.6) is 0 Å². The summed E-state index contributed by atoms with van der Waals surface area (Å²) in [6, 6.07) is 0. The van der Waals surface area contributed by atoms with Gasteiger partial charge in [-0.1, -0.05) is 0 Å². The van der Waals surface area contributed by atoms with Crippen molar-refractivity contribution in [1.29, 1.82) is 0 Å². The highest BCUT2D eigenvalue weighted by molar-refractivity contribution is 5.70. The van der Waals surface area contributed by atoms with E-state index in [-0.39, 0.29) is 0 Å². The van der Waals surface area contributed by atoms with Gasteiger partial charge in [-0.25, -0.2) is 0 Å². The van der Waals surface area contributed by atoms with Gasteiger partial charge >= 0.3 is 65.7 Å². The highest BCUT2D eigenvalue weighted by atomic mass is 16.8. The highest BCUT2D eigenvalue weighted by Crippen LogP contribution is 2.38. The summed E-state index contributed by atoms with van der Waals surface area (Å²) in [7, 11) is 0. The predicted octanol–water partition coefficient (Wildman–Crippen LogP) is -1.29. The fraction of sp³-hybridized carbons (Fsp3) is 0.725. The van der Waals surface area contributed by atoms with Crippen molar-refractivity contribution in [3.63, 3.8) is 0 Å². The van der Waals surface area contributed by atoms with Crippen LogP contribution in [0.1, 0.15) is 76.2 Å². The molecule has 0 aromatic rings. The van der Waals surface area contributed by atoms with Crippen molar-refractivity contribution in [3.8, 4) is 0 Å². The van der Waals surface area contributed by atoms with E-state index in [2.05, 4.69) is 0 Å². The molecule has 67 heavy (non-hydrogen) atoms. The Balaban J connectivity index is 2.32. The molecule has 0 aliphatic carbocycles. The number of hydrogen-bond acceptors (Lipinski definition) is 27. The second-order valence-corrected chi connectivity index (χ2v) is 14.9. The summed E-state index contributed by atoms with van der Waals surface area (Å²) in [5.41, 5.74) is 0. The van der Waals surface area contributed by atoms with E-state index in [9.17, 15) is 52.7 Å². The molecule has 3 rings (SSSR count). The maximum Gasteiger partial charge on any atom is 0.305 e. The van der Waals surface area contributed by atoms with E-state index in [1.807, 2.05) is 0 Å². The number of esters is 11. The molecule has 3 aliphatic rings. The van der Waals surface area contributed by atoms with Crippen molar-refractivity contribution in [2.45, 2.75) is 168 Å². The Kier molecular flexibility index (Phi) is 20.8. The van der Waals surface area contributed by atoms with Crippen LogP contribution in [0.25, 0.3) is 0 Å². The largest absolute Gasteiger partial charge is 0.463 e. The van der Waals surface area contributed by atoms with Gasteiger partial charge in [-0.2, -0.15) is 0 Å². The van der Waals surface area contributed by atoms with Gasteiger partial charge in [-0.15, -0.1) is 0 Å². The number of rotatable bonds is 18. The predicted molar refractivity (Wildman–Crippen MR) is 206 cm³/mol. The molecule has 0 bridgehead atoms. The van der Waals surface area contributed by atoms with Gasteiger partial charge in [0, 0.05) is 76.2 Å². The lowest BCUT2D eigenvalue weighted by molar-refractivity contribution is -0.379. The van der Waals surface area contributed by atoms with Crippen LogP contribution < -0.4 is 0 Å². The van der Waals surface area contributed by atoms with Crippen molar-refractivity contribution < 1.29 is 129 Å². The molecule has 3 fully saturated rings. The lowest BCUT2D eigenvalue weighted by Crippen LogP contribution is -2.69. The standard InChI is InChI=1S/C40H54O27/c1-15(41)52-12-26-29(55-18(4)44)32(57-20(6)46)35(59-22(8)48)39(64-26)66-31-28(14-54-17(3)43)65-40(36(60-23(9)49)33(31)58-21(7)47)67-34-30(56-19(5)45)27(13-53-16(2)42)63-38(62-25(11)51)37(34)61-24(10)50/h26-40H,12-14H2,1-11H3/t26-,27-,28-,29+,30+,31-,32+,33+,34+,35-,36-,37-,38+,39+,40+/m1/s1. The van der Waals surface area contributed by atoms with Gasteiger partial charge in [0.2, 0.25) is 6.29 Å². The van der Waals surface area contributed by atoms with Crippen molar-refractivity contribution in [3.05, 3.63) is 0 Å². The summed E-state index contributed by atoms with van der Waals surface area (Å²) in [6.45, 7) is 8.54. The lowest BCUT2D eigenvalue weighted by atomic mass is 9.95. The topological polar surface area (TPSA) is 335 Å². The van der Waals surface area contributed by atoms with Crippen molar-refractivity contribution in [2.75, 3.05) is 19.8 Å². The summed E-state index contributed by atoms with van der Waals surface area (Å²) < 4.78 is 90.4. The zero-order valence-electron chi connectivity index (χ0n) is 38.3. The van der Waals surface area contributed by atoms with E-state index in [1.165, 1.54) is 0 Å². The molecule has 27 heteroatoms. The average molecular weight is 967 g/mol. The third-order valence-corrected chi connectivity index (χ3v) is 9.11. The Hall–Kier alpha value is -6.03. The molecule has 3 aliphatic heterocycles. The molecule has 0 radical (unpaired) electrons. The second-order valence-electron chi connectivity index (χ2n) is 14.9. The number of ether oxygens (including phenoxy) is 16. The smallest absolute Gasteiger partial charge is 0.305 e. The molecule has 15 atom stereocenters. The average Bonchev–Trinajstić information content (AvgIpc) is 3.17. The van der Waals surface area contributed by atoms with Gasteiger partial charge in [0.05, 0.1) is 0 Å². The molecule has 0 unspecified atom stereocenters. The molecule has 0 aromatic carbocycles. The van der Waals surface area contributed by atoms with Crippen LogP contribution in [0.3, 0.4) is 0 Å². The minimum atomic E-state index is -2.09. The van der Waals surface area contributed by atoms with Crippen LogP contribution in [0.2, 0.25) is 0 Å². The first-order chi connectivity index (χ1) is 31.3. The summed E-state index contributed by atoms with van der Waals surface area (Å²) in [5.74, 6) is -10.7. The van der Waals surface area contributed by atoms with Gasteiger partial charge in [-0.05, 0) is 0 Å². The molecule has 0 saturated carbocycles. The van der Waals surface area contributed by atoms with Crippen molar-refractivity contribution >= 4 is 65.7 Å². The van der Waals surface area contributed by atoms with E-state index in [0.29, 0.717) is 0 Å². The SMILES string of the molecule is CC(=O)OC[C@H]1O[C@@H](O[C@H]2[C@H](OC(C)=O)[C@@H](OC(C)=O)[C@H](O[C@H]3[C@@H](OC(C)=O)[C@@H](COC(C)=O)O[C@H](OC(C)=O)[C@@H]3OC(C)=O)O[C@@H]2COC(C)=O)[C@H](OC(C)=O)[C@@H](OC(C)=O)[C@H]1OC(C)=O. The van der Waals surface area contributed by atoms with Gasteiger partial charge in [-0.3, -0.25) is 52.7 Å². The lowest BCUT2D eigenvalue weighted by Gasteiger charge is -2.50. The Bertz CT molecular complexity index is 1850. The minimum absolute atomic E-state index is 0.687. The maximum absolute atomic E-state index is 13.0. The molecule has 27 nitrogen and oxygen atoms in total.